The van der Waals surface area contributed by atoms with Crippen molar-refractivity contribution in [1.82, 2.24) is 0 Å². The maximum atomic E-state index is 8.94. The molecule has 0 radical (unpaired) electrons. The molecule has 0 bridgehead atoms. The Labute approximate surface area is 74.9 Å². The Morgan fingerprint density at radius 1 is 1.58 bits per heavy atom. The van der Waals surface area contributed by atoms with Crippen molar-refractivity contribution in [2.75, 3.05) is 13.2 Å². The van der Waals surface area contributed by atoms with Gasteiger partial charge in [0.05, 0.1) is 12.7 Å². The van der Waals surface area contributed by atoms with E-state index in [2.05, 4.69) is 13.8 Å². The molecule has 12 heavy (non-hydrogen) atoms. The molecule has 0 aliphatic carbocycles. The van der Waals surface area contributed by atoms with E-state index in [4.69, 9.17) is 9.84 Å². The van der Waals surface area contributed by atoms with Gasteiger partial charge >= 0.3 is 0 Å². The molecular weight excluding hydrogens is 152 g/mol. The van der Waals surface area contributed by atoms with Crippen molar-refractivity contribution in [3.63, 3.8) is 0 Å². The molecule has 1 aliphatic rings. The quantitative estimate of drug-likeness (QED) is 0.688. The lowest BCUT2D eigenvalue weighted by atomic mass is 9.83. The van der Waals surface area contributed by atoms with E-state index in [9.17, 15) is 0 Å². The van der Waals surface area contributed by atoms with Gasteiger partial charge in [-0.2, -0.15) is 0 Å². The Balaban J connectivity index is 2.36. The Hall–Kier alpha value is -0.0800. The molecule has 1 N–H and O–H groups in total. The highest BCUT2D eigenvalue weighted by Crippen LogP contribution is 2.32. The second-order valence-corrected chi connectivity index (χ2v) is 4.71. The average Bonchev–Trinajstić information content (AvgIpc) is 2.03. The Morgan fingerprint density at radius 3 is 2.67 bits per heavy atom. The topological polar surface area (TPSA) is 29.5 Å². The molecule has 2 atom stereocenters. The van der Waals surface area contributed by atoms with E-state index in [1.807, 2.05) is 6.92 Å². The highest BCUT2D eigenvalue weighted by molar-refractivity contribution is 4.78. The molecule has 1 rings (SSSR count). The molecule has 0 aromatic carbocycles. The van der Waals surface area contributed by atoms with Gasteiger partial charge in [-0.3, -0.25) is 0 Å². The fourth-order valence-corrected chi connectivity index (χ4v) is 1.59. The van der Waals surface area contributed by atoms with Gasteiger partial charge in [-0.1, -0.05) is 20.8 Å². The zero-order valence-corrected chi connectivity index (χ0v) is 8.34. The predicted octanol–water partition coefficient (Wildman–Crippen LogP) is 1.82. The third-order valence-corrected chi connectivity index (χ3v) is 2.72. The lowest BCUT2D eigenvalue weighted by Crippen LogP contribution is -2.36. The fraction of sp³-hybridized carbons (Fsp3) is 1.00. The molecular formula is C10H20O2. The molecule has 1 fully saturated rings. The largest absolute Gasteiger partial charge is 0.396 e. The van der Waals surface area contributed by atoms with Crippen LogP contribution in [0.25, 0.3) is 0 Å². The van der Waals surface area contributed by atoms with E-state index in [0.29, 0.717) is 11.3 Å². The molecule has 0 saturated carbocycles. The minimum absolute atomic E-state index is 0.241. The van der Waals surface area contributed by atoms with Crippen LogP contribution in [-0.2, 0) is 4.74 Å². The van der Waals surface area contributed by atoms with Crippen molar-refractivity contribution >= 4 is 0 Å². The number of ether oxygens (including phenoxy) is 1. The van der Waals surface area contributed by atoms with Crippen LogP contribution in [-0.4, -0.2) is 24.4 Å². The smallest absolute Gasteiger partial charge is 0.0623 e. The first-order chi connectivity index (χ1) is 5.55. The third-order valence-electron chi connectivity index (χ3n) is 2.72. The molecule has 0 spiro atoms. The summed E-state index contributed by atoms with van der Waals surface area (Å²) in [6.45, 7) is 7.58. The van der Waals surface area contributed by atoms with Crippen LogP contribution in [0.5, 0.6) is 0 Å². The van der Waals surface area contributed by atoms with Crippen LogP contribution in [0.15, 0.2) is 0 Å². The fourth-order valence-electron chi connectivity index (χ4n) is 1.59. The summed E-state index contributed by atoms with van der Waals surface area (Å²) < 4.78 is 5.69. The summed E-state index contributed by atoms with van der Waals surface area (Å²) in [6.07, 6.45) is 2.58. The van der Waals surface area contributed by atoms with Crippen LogP contribution >= 0.6 is 0 Å². The Bertz CT molecular complexity index is 133. The Kier molecular flexibility index (Phi) is 3.13. The van der Waals surface area contributed by atoms with Crippen LogP contribution in [0, 0.1) is 11.3 Å². The third kappa shape index (κ3) is 2.46. The van der Waals surface area contributed by atoms with Gasteiger partial charge in [-0.25, -0.2) is 0 Å². The van der Waals surface area contributed by atoms with E-state index >= 15 is 0 Å². The summed E-state index contributed by atoms with van der Waals surface area (Å²) in [5, 5.41) is 8.94. The second kappa shape index (κ2) is 3.75. The molecule has 0 amide bonds. The zero-order chi connectivity index (χ0) is 9.19. The molecule has 1 aliphatic heterocycles. The van der Waals surface area contributed by atoms with Crippen molar-refractivity contribution in [2.24, 2.45) is 11.3 Å². The average molecular weight is 172 g/mol. The van der Waals surface area contributed by atoms with Crippen molar-refractivity contribution in [1.29, 1.82) is 0 Å². The number of hydrogen-bond acceptors (Lipinski definition) is 2. The highest BCUT2D eigenvalue weighted by Gasteiger charge is 2.29. The summed E-state index contributed by atoms with van der Waals surface area (Å²) in [6, 6.07) is 0. The van der Waals surface area contributed by atoms with Gasteiger partial charge in [0.2, 0.25) is 0 Å². The number of hydrogen-bond donors (Lipinski definition) is 1. The highest BCUT2D eigenvalue weighted by atomic mass is 16.5. The van der Waals surface area contributed by atoms with E-state index in [0.717, 1.165) is 13.0 Å². The Morgan fingerprint density at radius 2 is 2.25 bits per heavy atom. The van der Waals surface area contributed by atoms with Gasteiger partial charge in [-0.15, -0.1) is 0 Å². The second-order valence-electron chi connectivity index (χ2n) is 4.71. The predicted molar refractivity (Wildman–Crippen MR) is 49.0 cm³/mol. The molecule has 1 heterocycles. The van der Waals surface area contributed by atoms with Crippen LogP contribution in [0.2, 0.25) is 0 Å². The minimum Gasteiger partial charge on any atom is -0.396 e. The first-order valence-electron chi connectivity index (χ1n) is 4.77. The van der Waals surface area contributed by atoms with Crippen molar-refractivity contribution in [3.8, 4) is 0 Å². The van der Waals surface area contributed by atoms with Gasteiger partial charge in [0, 0.05) is 12.5 Å². The van der Waals surface area contributed by atoms with E-state index in [-0.39, 0.29) is 12.7 Å². The monoisotopic (exact) mass is 172 g/mol. The lowest BCUT2D eigenvalue weighted by molar-refractivity contribution is -0.0794. The van der Waals surface area contributed by atoms with E-state index < -0.39 is 0 Å². The van der Waals surface area contributed by atoms with Gasteiger partial charge in [-0.05, 0) is 18.3 Å². The van der Waals surface area contributed by atoms with Crippen molar-refractivity contribution in [2.45, 2.75) is 39.7 Å². The zero-order valence-electron chi connectivity index (χ0n) is 8.34. The van der Waals surface area contributed by atoms with Crippen LogP contribution < -0.4 is 0 Å². The first-order valence-corrected chi connectivity index (χ1v) is 4.77. The van der Waals surface area contributed by atoms with Crippen LogP contribution in [0.4, 0.5) is 0 Å². The number of aliphatic hydroxyl groups is 1. The summed E-state index contributed by atoms with van der Waals surface area (Å²) in [4.78, 5) is 0. The van der Waals surface area contributed by atoms with Crippen molar-refractivity contribution in [3.05, 3.63) is 0 Å². The van der Waals surface area contributed by atoms with E-state index in [1.165, 1.54) is 6.42 Å². The summed E-state index contributed by atoms with van der Waals surface area (Å²) in [7, 11) is 0. The summed E-state index contributed by atoms with van der Waals surface area (Å²) in [5.74, 6) is 0.293. The van der Waals surface area contributed by atoms with Gasteiger partial charge in [0.1, 0.15) is 0 Å². The molecule has 0 aromatic heterocycles. The maximum Gasteiger partial charge on any atom is 0.0623 e. The summed E-state index contributed by atoms with van der Waals surface area (Å²) in [5.41, 5.74) is 0.339. The number of aliphatic hydroxyl groups excluding tert-OH is 1. The lowest BCUT2D eigenvalue weighted by Gasteiger charge is -2.36. The normalized spacial score (nSPS) is 31.5. The minimum atomic E-state index is 0.241. The first kappa shape index (κ1) is 10.0. The summed E-state index contributed by atoms with van der Waals surface area (Å²) >= 11 is 0. The molecule has 0 aromatic rings. The van der Waals surface area contributed by atoms with Gasteiger partial charge < -0.3 is 9.84 Å². The maximum absolute atomic E-state index is 8.94. The molecule has 1 saturated heterocycles. The molecule has 2 nitrogen and oxygen atoms in total. The van der Waals surface area contributed by atoms with Gasteiger partial charge in [0.15, 0.2) is 0 Å². The molecule has 2 heteroatoms. The SMILES string of the molecule is C[C@H](CO)C1CCC(C)(C)CO1. The molecule has 72 valence electrons. The molecule has 1 unspecified atom stereocenters. The standard InChI is InChI=1S/C10H20O2/c1-8(6-11)9-4-5-10(2,3)7-12-9/h8-9,11H,4-7H2,1-3H3/t8-,9?/m1/s1. The van der Waals surface area contributed by atoms with Crippen molar-refractivity contribution < 1.29 is 9.84 Å². The van der Waals surface area contributed by atoms with E-state index in [1.54, 1.807) is 0 Å². The van der Waals surface area contributed by atoms with Crippen LogP contribution in [0.1, 0.15) is 33.6 Å². The van der Waals surface area contributed by atoms with Gasteiger partial charge in [0.25, 0.3) is 0 Å². The number of rotatable bonds is 2. The van der Waals surface area contributed by atoms with Crippen LogP contribution in [0.3, 0.4) is 0 Å².